The molecule has 1 aliphatic rings. The van der Waals surface area contributed by atoms with Crippen LogP contribution in [-0.2, 0) is 23.8 Å². The minimum absolute atomic E-state index is 0.0728. The fraction of sp³-hybridized carbons (Fsp3) is 0.200. The van der Waals surface area contributed by atoms with E-state index in [0.29, 0.717) is 23.6 Å². The first kappa shape index (κ1) is 18.3. The van der Waals surface area contributed by atoms with Crippen molar-refractivity contribution in [3.8, 4) is 5.75 Å². The van der Waals surface area contributed by atoms with E-state index in [0.717, 1.165) is 0 Å². The lowest BCUT2D eigenvalue weighted by Gasteiger charge is -2.20. The predicted octanol–water partition coefficient (Wildman–Crippen LogP) is 2.81. The summed E-state index contributed by atoms with van der Waals surface area (Å²) in [5.41, 5.74) is 1.05. The Morgan fingerprint density at radius 1 is 1.07 bits per heavy atom. The minimum Gasteiger partial charge on any atom is -0.497 e. The Hall–Kier alpha value is -3.48. The first-order chi connectivity index (χ1) is 13.2. The molecule has 0 saturated carbocycles. The van der Waals surface area contributed by atoms with Crippen LogP contribution in [0.1, 0.15) is 11.7 Å². The average molecular weight is 369 g/mol. The van der Waals surface area contributed by atoms with Crippen LogP contribution in [0.2, 0.25) is 0 Å². The molecule has 1 atom stereocenters. The molecule has 1 unspecified atom stereocenters. The Kier molecular flexibility index (Phi) is 5.94. The molecule has 1 aliphatic heterocycles. The van der Waals surface area contributed by atoms with Gasteiger partial charge in [0.1, 0.15) is 25.2 Å². The summed E-state index contributed by atoms with van der Waals surface area (Å²) in [4.78, 5) is 25.2. The maximum atomic E-state index is 12.8. The molecule has 27 heavy (non-hydrogen) atoms. The van der Waals surface area contributed by atoms with Crippen LogP contribution in [-0.4, -0.2) is 32.2 Å². The third-order valence-corrected chi connectivity index (χ3v) is 3.75. The fourth-order valence-corrected chi connectivity index (χ4v) is 2.45. The molecule has 0 aliphatic carbocycles. The normalized spacial score (nSPS) is 14.0. The van der Waals surface area contributed by atoms with E-state index < -0.39 is 18.0 Å². The summed E-state index contributed by atoms with van der Waals surface area (Å²) in [6.45, 7) is 0.599. The van der Waals surface area contributed by atoms with Crippen molar-refractivity contribution >= 4 is 17.6 Å². The molecule has 0 fully saturated rings. The van der Waals surface area contributed by atoms with Crippen molar-refractivity contribution in [1.29, 1.82) is 0 Å². The zero-order valence-electron chi connectivity index (χ0n) is 14.7. The van der Waals surface area contributed by atoms with Gasteiger partial charge in [-0.1, -0.05) is 36.4 Å². The number of carbonyl (C=O) groups excluding carboxylic acids is 2. The van der Waals surface area contributed by atoms with Gasteiger partial charge in [-0.25, -0.2) is 4.79 Å². The molecule has 2 aromatic rings. The summed E-state index contributed by atoms with van der Waals surface area (Å²) in [5, 5.41) is 2.74. The van der Waals surface area contributed by atoms with Crippen LogP contribution < -0.4 is 10.1 Å². The number of carbonyl (C=O) groups is 2. The first-order valence-corrected chi connectivity index (χ1v) is 8.33. The fourth-order valence-electron chi connectivity index (χ4n) is 2.45. The molecule has 1 amide bonds. The van der Waals surface area contributed by atoms with Gasteiger partial charge in [0.2, 0.25) is 11.9 Å². The molecule has 2 aromatic carbocycles. The van der Waals surface area contributed by atoms with Crippen molar-refractivity contribution in [1.82, 2.24) is 0 Å². The molecule has 0 bridgehead atoms. The molecule has 140 valence electrons. The minimum atomic E-state index is -1.16. The number of amides is 1. The number of rotatable bonds is 6. The maximum absolute atomic E-state index is 12.8. The van der Waals surface area contributed by atoms with Crippen LogP contribution in [0.4, 0.5) is 5.69 Å². The number of methoxy groups -OCH3 is 1. The number of ether oxygens (including phenoxy) is 4. The lowest BCUT2D eigenvalue weighted by molar-refractivity contribution is -0.155. The second kappa shape index (κ2) is 8.75. The largest absolute Gasteiger partial charge is 0.497 e. The van der Waals surface area contributed by atoms with Crippen molar-refractivity contribution in [3.05, 3.63) is 72.2 Å². The highest BCUT2D eigenvalue weighted by atomic mass is 16.6. The van der Waals surface area contributed by atoms with Crippen molar-refractivity contribution in [2.45, 2.75) is 6.10 Å². The van der Waals surface area contributed by atoms with Gasteiger partial charge in [0.25, 0.3) is 5.91 Å². The zero-order valence-corrected chi connectivity index (χ0v) is 14.7. The van der Waals surface area contributed by atoms with E-state index in [4.69, 9.17) is 18.9 Å². The third-order valence-electron chi connectivity index (χ3n) is 3.75. The van der Waals surface area contributed by atoms with Crippen molar-refractivity contribution in [2.75, 3.05) is 25.6 Å². The second-order valence-corrected chi connectivity index (χ2v) is 5.62. The standard InChI is InChI=1S/C20H19NO6/c1-24-16-9-5-8-15(12-16)21-19(22)18(14-6-3-2-4-7-14)27-20(23)17-13-25-10-11-26-17/h2-9,12-13,18H,10-11H2,1H3,(H,21,22). The van der Waals surface area contributed by atoms with Crippen LogP contribution in [0.5, 0.6) is 5.75 Å². The number of nitrogens with one attached hydrogen (secondary N) is 1. The average Bonchev–Trinajstić information content (AvgIpc) is 2.73. The van der Waals surface area contributed by atoms with E-state index in [2.05, 4.69) is 5.32 Å². The molecule has 3 rings (SSSR count). The highest BCUT2D eigenvalue weighted by Crippen LogP contribution is 2.23. The van der Waals surface area contributed by atoms with Crippen LogP contribution in [0, 0.1) is 0 Å². The Labute approximate surface area is 156 Å². The predicted molar refractivity (Wildman–Crippen MR) is 96.9 cm³/mol. The molecular formula is C20H19NO6. The van der Waals surface area contributed by atoms with Crippen LogP contribution in [0.15, 0.2) is 66.6 Å². The molecule has 7 heteroatoms. The van der Waals surface area contributed by atoms with Crippen molar-refractivity contribution in [2.24, 2.45) is 0 Å². The van der Waals surface area contributed by atoms with E-state index in [-0.39, 0.29) is 12.4 Å². The van der Waals surface area contributed by atoms with Gasteiger partial charge >= 0.3 is 5.97 Å². The molecular weight excluding hydrogens is 350 g/mol. The highest BCUT2D eigenvalue weighted by Gasteiger charge is 2.28. The van der Waals surface area contributed by atoms with Crippen molar-refractivity contribution in [3.63, 3.8) is 0 Å². The van der Waals surface area contributed by atoms with Crippen LogP contribution in [0.25, 0.3) is 0 Å². The van der Waals surface area contributed by atoms with Gasteiger partial charge in [-0.2, -0.15) is 0 Å². The molecule has 1 heterocycles. The lowest BCUT2D eigenvalue weighted by Crippen LogP contribution is -2.27. The number of anilines is 1. The van der Waals surface area contributed by atoms with Gasteiger partial charge in [-0.05, 0) is 12.1 Å². The topological polar surface area (TPSA) is 83.1 Å². The SMILES string of the molecule is COc1cccc(NC(=O)C(OC(=O)C2=COCCO2)c2ccccc2)c1. The van der Waals surface area contributed by atoms with Gasteiger partial charge < -0.3 is 24.3 Å². The van der Waals surface area contributed by atoms with E-state index >= 15 is 0 Å². The Morgan fingerprint density at radius 2 is 1.89 bits per heavy atom. The molecule has 0 saturated heterocycles. The molecule has 0 aromatic heterocycles. The number of hydrogen-bond donors (Lipinski definition) is 1. The summed E-state index contributed by atoms with van der Waals surface area (Å²) in [6.07, 6.45) is 0.0322. The van der Waals surface area contributed by atoms with Crippen LogP contribution in [0.3, 0.4) is 0 Å². The second-order valence-electron chi connectivity index (χ2n) is 5.62. The van der Waals surface area contributed by atoms with Gasteiger partial charge in [0, 0.05) is 17.3 Å². The molecule has 1 N–H and O–H groups in total. The Bertz CT molecular complexity index is 833. The van der Waals surface area contributed by atoms with Gasteiger partial charge in [0.15, 0.2) is 0 Å². The third kappa shape index (κ3) is 4.78. The molecule has 7 nitrogen and oxygen atoms in total. The Balaban J connectivity index is 1.79. The summed E-state index contributed by atoms with van der Waals surface area (Å²) in [7, 11) is 1.54. The summed E-state index contributed by atoms with van der Waals surface area (Å²) in [5.74, 6) is -0.750. The van der Waals surface area contributed by atoms with Gasteiger partial charge in [-0.15, -0.1) is 0 Å². The summed E-state index contributed by atoms with van der Waals surface area (Å²) in [6, 6.07) is 15.6. The zero-order chi connectivity index (χ0) is 19.1. The monoisotopic (exact) mass is 369 g/mol. The van der Waals surface area contributed by atoms with Gasteiger partial charge in [0.05, 0.1) is 7.11 Å². The molecule has 0 spiro atoms. The van der Waals surface area contributed by atoms with Gasteiger partial charge in [-0.3, -0.25) is 4.79 Å². The molecule has 0 radical (unpaired) electrons. The number of esters is 1. The Morgan fingerprint density at radius 3 is 2.59 bits per heavy atom. The number of hydrogen-bond acceptors (Lipinski definition) is 6. The van der Waals surface area contributed by atoms with E-state index in [1.54, 1.807) is 48.5 Å². The first-order valence-electron chi connectivity index (χ1n) is 8.33. The van der Waals surface area contributed by atoms with E-state index in [9.17, 15) is 9.59 Å². The summed E-state index contributed by atoms with van der Waals surface area (Å²) >= 11 is 0. The number of benzene rings is 2. The van der Waals surface area contributed by atoms with Crippen LogP contribution >= 0.6 is 0 Å². The highest BCUT2D eigenvalue weighted by molar-refractivity contribution is 5.97. The maximum Gasteiger partial charge on any atom is 0.378 e. The lowest BCUT2D eigenvalue weighted by atomic mass is 10.1. The van der Waals surface area contributed by atoms with E-state index in [1.807, 2.05) is 6.07 Å². The summed E-state index contributed by atoms with van der Waals surface area (Å²) < 4.78 is 20.8. The van der Waals surface area contributed by atoms with E-state index in [1.165, 1.54) is 13.4 Å². The quantitative estimate of drug-likeness (QED) is 0.789. The smallest absolute Gasteiger partial charge is 0.378 e. The van der Waals surface area contributed by atoms with Crippen molar-refractivity contribution < 1.29 is 28.5 Å².